The second-order valence-corrected chi connectivity index (χ2v) is 4.01. The zero-order valence-electron chi connectivity index (χ0n) is 10.8. The fourth-order valence-electron chi connectivity index (χ4n) is 1.53. The molecule has 0 fully saturated rings. The van der Waals surface area contributed by atoms with Crippen LogP contribution in [0.4, 0.5) is 0 Å². The number of aromatic nitrogens is 1. The van der Waals surface area contributed by atoms with Crippen molar-refractivity contribution in [2.45, 2.75) is 6.92 Å². The van der Waals surface area contributed by atoms with Gasteiger partial charge < -0.3 is 19.7 Å². The average molecular weight is 268 g/mol. The maximum Gasteiger partial charge on any atom is 0.323 e. The summed E-state index contributed by atoms with van der Waals surface area (Å²) in [6.07, 6.45) is 1.29. The number of ether oxygens (including phenoxy) is 1. The van der Waals surface area contributed by atoms with Gasteiger partial charge in [0.15, 0.2) is 5.43 Å². The van der Waals surface area contributed by atoms with Gasteiger partial charge in [-0.3, -0.25) is 14.4 Å². The van der Waals surface area contributed by atoms with Crippen LogP contribution >= 0.6 is 0 Å². The van der Waals surface area contributed by atoms with Gasteiger partial charge in [0.25, 0.3) is 5.91 Å². The predicted octanol–water partition coefficient (Wildman–Crippen LogP) is -0.143. The SMILES string of the molecule is COCCN(CC(=O)O)C(=O)c1c[nH]c(C)cc1=O. The highest BCUT2D eigenvalue weighted by molar-refractivity contribution is 5.95. The predicted molar refractivity (Wildman–Crippen MR) is 67.2 cm³/mol. The van der Waals surface area contributed by atoms with Crippen molar-refractivity contribution in [3.05, 3.63) is 33.7 Å². The van der Waals surface area contributed by atoms with E-state index in [-0.39, 0.29) is 18.7 Å². The Morgan fingerprint density at radius 3 is 2.68 bits per heavy atom. The van der Waals surface area contributed by atoms with Crippen molar-refractivity contribution in [1.29, 1.82) is 0 Å². The van der Waals surface area contributed by atoms with Crippen LogP contribution in [0.3, 0.4) is 0 Å². The Morgan fingerprint density at radius 2 is 2.16 bits per heavy atom. The minimum Gasteiger partial charge on any atom is -0.480 e. The summed E-state index contributed by atoms with van der Waals surface area (Å²) in [6.45, 7) is 1.52. The first-order valence-electron chi connectivity index (χ1n) is 5.65. The zero-order chi connectivity index (χ0) is 14.4. The van der Waals surface area contributed by atoms with Gasteiger partial charge in [0, 0.05) is 31.6 Å². The van der Waals surface area contributed by atoms with Gasteiger partial charge in [0.1, 0.15) is 12.1 Å². The highest BCUT2D eigenvalue weighted by Crippen LogP contribution is 2.00. The maximum absolute atomic E-state index is 12.1. The number of rotatable bonds is 6. The number of carbonyl (C=O) groups excluding carboxylic acids is 1. The molecular formula is C12H16N2O5. The molecule has 0 aliphatic carbocycles. The first-order chi connectivity index (χ1) is 8.95. The molecule has 0 aliphatic rings. The monoisotopic (exact) mass is 268 g/mol. The number of aromatic amines is 1. The van der Waals surface area contributed by atoms with Crippen LogP contribution in [0.1, 0.15) is 16.1 Å². The number of pyridine rings is 1. The van der Waals surface area contributed by atoms with Crippen LogP contribution in [0.5, 0.6) is 0 Å². The van der Waals surface area contributed by atoms with Gasteiger partial charge in [-0.2, -0.15) is 0 Å². The third-order valence-corrected chi connectivity index (χ3v) is 2.47. The van der Waals surface area contributed by atoms with Crippen LogP contribution in [-0.2, 0) is 9.53 Å². The van der Waals surface area contributed by atoms with E-state index < -0.39 is 23.9 Å². The molecule has 0 aromatic carbocycles. The number of carboxylic acid groups (broad SMARTS) is 1. The topological polar surface area (TPSA) is 99.7 Å². The minimum atomic E-state index is -1.15. The van der Waals surface area contributed by atoms with Gasteiger partial charge in [-0.15, -0.1) is 0 Å². The first kappa shape index (κ1) is 14.9. The highest BCUT2D eigenvalue weighted by atomic mass is 16.5. The molecule has 0 bridgehead atoms. The third-order valence-electron chi connectivity index (χ3n) is 2.47. The average Bonchev–Trinajstić information content (AvgIpc) is 2.33. The van der Waals surface area contributed by atoms with E-state index in [0.29, 0.717) is 5.69 Å². The summed E-state index contributed by atoms with van der Waals surface area (Å²) < 4.78 is 4.82. The zero-order valence-corrected chi connectivity index (χ0v) is 10.8. The Hall–Kier alpha value is -2.15. The molecule has 2 N–H and O–H groups in total. The van der Waals surface area contributed by atoms with E-state index in [1.807, 2.05) is 0 Å². The number of H-pyrrole nitrogens is 1. The van der Waals surface area contributed by atoms with Gasteiger partial charge in [-0.1, -0.05) is 0 Å². The number of aryl methyl sites for hydroxylation is 1. The number of hydrogen-bond acceptors (Lipinski definition) is 4. The van der Waals surface area contributed by atoms with Crippen molar-refractivity contribution in [3.8, 4) is 0 Å². The molecule has 0 atom stereocenters. The van der Waals surface area contributed by atoms with Crippen LogP contribution < -0.4 is 5.43 Å². The molecule has 1 aromatic heterocycles. The summed E-state index contributed by atoms with van der Waals surface area (Å²) in [4.78, 5) is 38.4. The molecule has 7 heteroatoms. The summed E-state index contributed by atoms with van der Waals surface area (Å²) in [5, 5.41) is 8.77. The molecule has 104 valence electrons. The van der Waals surface area contributed by atoms with Crippen molar-refractivity contribution in [2.75, 3.05) is 26.8 Å². The number of carbonyl (C=O) groups is 2. The van der Waals surface area contributed by atoms with Crippen LogP contribution in [0, 0.1) is 6.92 Å². The van der Waals surface area contributed by atoms with E-state index >= 15 is 0 Å². The van der Waals surface area contributed by atoms with Crippen molar-refractivity contribution < 1.29 is 19.4 Å². The Labute approximate surface area is 109 Å². The van der Waals surface area contributed by atoms with Gasteiger partial charge in [-0.05, 0) is 6.92 Å². The Kier molecular flexibility index (Phi) is 5.25. The van der Waals surface area contributed by atoms with Crippen molar-refractivity contribution in [2.24, 2.45) is 0 Å². The normalized spacial score (nSPS) is 10.2. The maximum atomic E-state index is 12.1. The van der Waals surface area contributed by atoms with Gasteiger partial charge >= 0.3 is 5.97 Å². The number of methoxy groups -OCH3 is 1. The molecule has 0 aliphatic heterocycles. The number of aliphatic carboxylic acids is 1. The molecule has 0 unspecified atom stereocenters. The molecule has 0 spiro atoms. The summed E-state index contributed by atoms with van der Waals surface area (Å²) in [5.41, 5.74) is 0.111. The third kappa shape index (κ3) is 4.22. The van der Waals surface area contributed by atoms with Gasteiger partial charge in [-0.25, -0.2) is 0 Å². The van der Waals surface area contributed by atoms with Gasteiger partial charge in [0.2, 0.25) is 0 Å². The molecule has 1 rings (SSSR count). The quantitative estimate of drug-likeness (QED) is 0.747. The van der Waals surface area contributed by atoms with E-state index in [9.17, 15) is 14.4 Å². The lowest BCUT2D eigenvalue weighted by atomic mass is 10.2. The Bertz CT molecular complexity index is 523. The van der Waals surface area contributed by atoms with E-state index in [2.05, 4.69) is 4.98 Å². The minimum absolute atomic E-state index is 0.0806. The lowest BCUT2D eigenvalue weighted by Gasteiger charge is -2.19. The molecule has 0 saturated heterocycles. The van der Waals surface area contributed by atoms with E-state index in [0.717, 1.165) is 4.90 Å². The summed E-state index contributed by atoms with van der Waals surface area (Å²) in [5.74, 6) is -1.77. The first-order valence-corrected chi connectivity index (χ1v) is 5.65. The molecule has 0 radical (unpaired) electrons. The van der Waals surface area contributed by atoms with E-state index in [1.165, 1.54) is 19.4 Å². The molecule has 0 saturated carbocycles. The van der Waals surface area contributed by atoms with E-state index in [1.54, 1.807) is 6.92 Å². The highest BCUT2D eigenvalue weighted by Gasteiger charge is 2.20. The molecule has 7 nitrogen and oxygen atoms in total. The molecule has 1 aromatic rings. The van der Waals surface area contributed by atoms with Crippen LogP contribution in [0.25, 0.3) is 0 Å². The number of carboxylic acids is 1. The van der Waals surface area contributed by atoms with Crippen molar-refractivity contribution in [3.63, 3.8) is 0 Å². The summed E-state index contributed by atoms with van der Waals surface area (Å²) in [6, 6.07) is 1.29. The van der Waals surface area contributed by atoms with Crippen LogP contribution in [0.2, 0.25) is 0 Å². The van der Waals surface area contributed by atoms with E-state index in [4.69, 9.17) is 9.84 Å². The lowest BCUT2D eigenvalue weighted by Crippen LogP contribution is -2.40. The number of nitrogens with one attached hydrogen (secondary N) is 1. The lowest BCUT2D eigenvalue weighted by molar-refractivity contribution is -0.137. The molecule has 19 heavy (non-hydrogen) atoms. The summed E-state index contributed by atoms with van der Waals surface area (Å²) >= 11 is 0. The smallest absolute Gasteiger partial charge is 0.323 e. The van der Waals surface area contributed by atoms with Gasteiger partial charge in [0.05, 0.1) is 6.61 Å². The van der Waals surface area contributed by atoms with Crippen LogP contribution in [-0.4, -0.2) is 53.7 Å². The second kappa shape index (κ2) is 6.69. The fraction of sp³-hybridized carbons (Fsp3) is 0.417. The standard InChI is InChI=1S/C12H16N2O5/c1-8-5-10(15)9(6-13-8)12(18)14(3-4-19-2)7-11(16)17/h5-6H,3-4,7H2,1-2H3,(H,13,15)(H,16,17). The molecule has 1 heterocycles. The largest absolute Gasteiger partial charge is 0.480 e. The van der Waals surface area contributed by atoms with Crippen molar-refractivity contribution >= 4 is 11.9 Å². The Balaban J connectivity index is 2.97. The van der Waals surface area contributed by atoms with Crippen molar-refractivity contribution in [1.82, 2.24) is 9.88 Å². The second-order valence-electron chi connectivity index (χ2n) is 4.01. The molecular weight excluding hydrogens is 252 g/mol. The summed E-state index contributed by atoms with van der Waals surface area (Å²) in [7, 11) is 1.45. The van der Waals surface area contributed by atoms with Crippen LogP contribution in [0.15, 0.2) is 17.1 Å². The number of amides is 1. The Morgan fingerprint density at radius 1 is 1.47 bits per heavy atom. The fourth-order valence-corrected chi connectivity index (χ4v) is 1.53. The number of nitrogens with zero attached hydrogens (tertiary/aromatic N) is 1. The molecule has 1 amide bonds. The number of hydrogen-bond donors (Lipinski definition) is 2.